The molecule has 5 heteroatoms. The second-order valence-corrected chi connectivity index (χ2v) is 4.22. The smallest absolute Gasteiger partial charge is 0.242 e. The average molecular weight is 237 g/mol. The summed E-state index contributed by atoms with van der Waals surface area (Å²) in [4.78, 5) is 13.8. The van der Waals surface area contributed by atoms with Crippen molar-refractivity contribution in [3.63, 3.8) is 0 Å². The van der Waals surface area contributed by atoms with Crippen molar-refractivity contribution < 1.29 is 9.53 Å². The minimum absolute atomic E-state index is 0.167. The van der Waals surface area contributed by atoms with Crippen LogP contribution in [0.15, 0.2) is 18.5 Å². The molecule has 2 rings (SSSR count). The van der Waals surface area contributed by atoms with Gasteiger partial charge < -0.3 is 19.5 Å². The first-order valence-electron chi connectivity index (χ1n) is 5.94. The van der Waals surface area contributed by atoms with Crippen molar-refractivity contribution in [3.8, 4) is 0 Å². The van der Waals surface area contributed by atoms with Crippen LogP contribution in [0.3, 0.4) is 0 Å². The highest BCUT2D eigenvalue weighted by molar-refractivity contribution is 5.76. The number of nitrogens with zero attached hydrogens (tertiary/aromatic N) is 2. The lowest BCUT2D eigenvalue weighted by atomic mass is 10.3. The van der Waals surface area contributed by atoms with Crippen molar-refractivity contribution in [2.45, 2.75) is 13.1 Å². The largest absolute Gasteiger partial charge is 0.378 e. The van der Waals surface area contributed by atoms with Crippen LogP contribution in [0, 0.1) is 0 Å². The van der Waals surface area contributed by atoms with Crippen molar-refractivity contribution in [2.24, 2.45) is 0 Å². The monoisotopic (exact) mass is 237 g/mol. The molecule has 0 radical (unpaired) electrons. The first-order chi connectivity index (χ1) is 8.29. The summed E-state index contributed by atoms with van der Waals surface area (Å²) in [5.41, 5.74) is 1.20. The third-order valence-electron chi connectivity index (χ3n) is 2.87. The van der Waals surface area contributed by atoms with E-state index < -0.39 is 0 Å². The van der Waals surface area contributed by atoms with Gasteiger partial charge in [0.1, 0.15) is 6.54 Å². The first-order valence-corrected chi connectivity index (χ1v) is 5.94. The van der Waals surface area contributed by atoms with Gasteiger partial charge >= 0.3 is 0 Å². The van der Waals surface area contributed by atoms with Gasteiger partial charge in [-0.15, -0.1) is 0 Å². The van der Waals surface area contributed by atoms with E-state index in [0.717, 1.165) is 6.54 Å². The molecule has 0 spiro atoms. The Labute approximate surface area is 101 Å². The van der Waals surface area contributed by atoms with Gasteiger partial charge in [0.15, 0.2) is 0 Å². The number of carbonyl (C=O) groups is 1. The maximum Gasteiger partial charge on any atom is 0.242 e. The number of rotatable bonds is 4. The zero-order valence-electron chi connectivity index (χ0n) is 10.2. The van der Waals surface area contributed by atoms with Crippen molar-refractivity contribution in [3.05, 3.63) is 24.0 Å². The molecule has 17 heavy (non-hydrogen) atoms. The van der Waals surface area contributed by atoms with Crippen LogP contribution in [0.1, 0.15) is 5.56 Å². The van der Waals surface area contributed by atoms with E-state index >= 15 is 0 Å². The van der Waals surface area contributed by atoms with Crippen LogP contribution in [0.4, 0.5) is 0 Å². The zero-order valence-corrected chi connectivity index (χ0v) is 10.2. The van der Waals surface area contributed by atoms with Crippen LogP contribution in [-0.4, -0.2) is 48.7 Å². The number of nitrogens with one attached hydrogen (secondary N) is 1. The van der Waals surface area contributed by atoms with Gasteiger partial charge in [-0.25, -0.2) is 0 Å². The van der Waals surface area contributed by atoms with E-state index in [1.54, 1.807) is 0 Å². The molecule has 1 amide bonds. The minimum Gasteiger partial charge on any atom is -0.378 e. The molecule has 0 bridgehead atoms. The van der Waals surface area contributed by atoms with Gasteiger partial charge in [-0.1, -0.05) is 0 Å². The number of hydrogen-bond acceptors (Lipinski definition) is 3. The van der Waals surface area contributed by atoms with Crippen LogP contribution in [0.25, 0.3) is 0 Å². The molecule has 1 aliphatic heterocycles. The topological polar surface area (TPSA) is 46.5 Å². The fraction of sp³-hybridized carbons (Fsp3) is 0.583. The summed E-state index contributed by atoms with van der Waals surface area (Å²) >= 11 is 0. The molecule has 2 heterocycles. The molecule has 0 aromatic carbocycles. The number of ether oxygens (including phenoxy) is 1. The Morgan fingerprint density at radius 2 is 2.24 bits per heavy atom. The lowest BCUT2D eigenvalue weighted by Gasteiger charge is -2.26. The van der Waals surface area contributed by atoms with Crippen molar-refractivity contribution in [2.75, 3.05) is 33.4 Å². The second-order valence-electron chi connectivity index (χ2n) is 4.22. The van der Waals surface area contributed by atoms with E-state index in [1.807, 2.05) is 35.0 Å². The standard InChI is InChI=1S/C12H19N3O2/c1-13-8-11-2-3-14(9-11)10-12(16)15-4-6-17-7-5-15/h2-3,9,13H,4-8,10H2,1H3. The van der Waals surface area contributed by atoms with Crippen LogP contribution in [0.5, 0.6) is 0 Å². The Morgan fingerprint density at radius 3 is 2.94 bits per heavy atom. The number of aromatic nitrogens is 1. The summed E-state index contributed by atoms with van der Waals surface area (Å²) in [6, 6.07) is 2.03. The van der Waals surface area contributed by atoms with E-state index in [-0.39, 0.29) is 5.91 Å². The summed E-state index contributed by atoms with van der Waals surface area (Å²) in [6.07, 6.45) is 3.96. The van der Waals surface area contributed by atoms with Gasteiger partial charge in [-0.3, -0.25) is 4.79 Å². The SMILES string of the molecule is CNCc1ccn(CC(=O)N2CCOCC2)c1. The van der Waals surface area contributed by atoms with Crippen molar-refractivity contribution in [1.29, 1.82) is 0 Å². The molecule has 94 valence electrons. The van der Waals surface area contributed by atoms with Crippen molar-refractivity contribution in [1.82, 2.24) is 14.8 Å². The Bertz CT molecular complexity index is 370. The molecule has 1 N–H and O–H groups in total. The van der Waals surface area contributed by atoms with Crippen LogP contribution >= 0.6 is 0 Å². The minimum atomic E-state index is 0.167. The first kappa shape index (κ1) is 12.1. The predicted molar refractivity (Wildman–Crippen MR) is 64.6 cm³/mol. The fourth-order valence-corrected chi connectivity index (χ4v) is 1.97. The highest BCUT2D eigenvalue weighted by atomic mass is 16.5. The summed E-state index contributed by atoms with van der Waals surface area (Å²) in [6.45, 7) is 3.99. The number of amides is 1. The van der Waals surface area contributed by atoms with E-state index in [0.29, 0.717) is 32.8 Å². The molecule has 0 aliphatic carbocycles. The lowest BCUT2D eigenvalue weighted by molar-refractivity contribution is -0.135. The normalized spacial score (nSPS) is 16.2. The Kier molecular flexibility index (Phi) is 4.17. The van der Waals surface area contributed by atoms with Gasteiger partial charge in [-0.05, 0) is 18.7 Å². The summed E-state index contributed by atoms with van der Waals surface area (Å²) in [5.74, 6) is 0.167. The Morgan fingerprint density at radius 1 is 1.47 bits per heavy atom. The molecule has 0 saturated carbocycles. The van der Waals surface area contributed by atoms with Gasteiger partial charge in [0.2, 0.25) is 5.91 Å². The fourth-order valence-electron chi connectivity index (χ4n) is 1.97. The van der Waals surface area contributed by atoms with E-state index in [1.165, 1.54) is 5.56 Å². The maximum absolute atomic E-state index is 12.0. The van der Waals surface area contributed by atoms with Crippen LogP contribution in [-0.2, 0) is 22.6 Å². The van der Waals surface area contributed by atoms with Gasteiger partial charge in [-0.2, -0.15) is 0 Å². The van der Waals surface area contributed by atoms with E-state index in [9.17, 15) is 4.79 Å². The third-order valence-corrected chi connectivity index (χ3v) is 2.87. The van der Waals surface area contributed by atoms with Gasteiger partial charge in [0.25, 0.3) is 0 Å². The molecule has 0 unspecified atom stereocenters. The van der Waals surface area contributed by atoms with E-state index in [4.69, 9.17) is 4.74 Å². The highest BCUT2D eigenvalue weighted by Crippen LogP contribution is 2.03. The molecule has 1 aromatic rings. The highest BCUT2D eigenvalue weighted by Gasteiger charge is 2.16. The molecule has 0 atom stereocenters. The third kappa shape index (κ3) is 3.31. The molecule has 5 nitrogen and oxygen atoms in total. The number of hydrogen-bond donors (Lipinski definition) is 1. The molecule has 1 saturated heterocycles. The molecule has 1 aliphatic rings. The Hall–Kier alpha value is -1.33. The molecular weight excluding hydrogens is 218 g/mol. The molecular formula is C12H19N3O2. The summed E-state index contributed by atoms with van der Waals surface area (Å²) in [7, 11) is 1.91. The van der Waals surface area contributed by atoms with Crippen LogP contribution in [0.2, 0.25) is 0 Å². The number of carbonyl (C=O) groups excluding carboxylic acids is 1. The zero-order chi connectivity index (χ0) is 12.1. The lowest BCUT2D eigenvalue weighted by Crippen LogP contribution is -2.42. The molecule has 1 fully saturated rings. The average Bonchev–Trinajstić information content (AvgIpc) is 2.78. The quantitative estimate of drug-likeness (QED) is 0.806. The summed E-state index contributed by atoms with van der Waals surface area (Å²) < 4.78 is 7.16. The maximum atomic E-state index is 12.0. The number of morpholine rings is 1. The predicted octanol–water partition coefficient (Wildman–Crippen LogP) is 0.0663. The van der Waals surface area contributed by atoms with E-state index in [2.05, 4.69) is 5.32 Å². The van der Waals surface area contributed by atoms with Crippen LogP contribution < -0.4 is 5.32 Å². The van der Waals surface area contributed by atoms with Gasteiger partial charge in [0, 0.05) is 32.0 Å². The second kappa shape index (κ2) is 5.84. The van der Waals surface area contributed by atoms with Crippen molar-refractivity contribution >= 4 is 5.91 Å². The van der Waals surface area contributed by atoms with Gasteiger partial charge in [0.05, 0.1) is 13.2 Å². The Balaban J connectivity index is 1.88. The molecule has 1 aromatic heterocycles. The summed E-state index contributed by atoms with van der Waals surface area (Å²) in [5, 5.41) is 3.09.